The number of carboxylic acid groups (broad SMARTS) is 1. The number of hydrogen-bond acceptors (Lipinski definition) is 5. The lowest BCUT2D eigenvalue weighted by Crippen LogP contribution is -2.11. The molecule has 0 unspecified atom stereocenters. The van der Waals surface area contributed by atoms with Gasteiger partial charge < -0.3 is 15.1 Å². The molecule has 4 N–H and O–H groups in total. The van der Waals surface area contributed by atoms with Crippen LogP contribution in [-0.4, -0.2) is 29.5 Å². The molecular formula is C18H17N3O5S2. The molecule has 3 heterocycles. The Labute approximate surface area is 163 Å². The van der Waals surface area contributed by atoms with Crippen LogP contribution >= 0.6 is 11.3 Å². The first-order valence-corrected chi connectivity index (χ1v) is 10.6. The Balaban J connectivity index is 0.000000403. The van der Waals surface area contributed by atoms with Crippen molar-refractivity contribution in [2.24, 2.45) is 0 Å². The van der Waals surface area contributed by atoms with Gasteiger partial charge in [0.15, 0.2) is 0 Å². The number of pyridine rings is 1. The van der Waals surface area contributed by atoms with Crippen LogP contribution in [0.1, 0.15) is 13.3 Å². The van der Waals surface area contributed by atoms with E-state index in [2.05, 4.69) is 14.7 Å². The summed E-state index contributed by atoms with van der Waals surface area (Å²) in [4.78, 5) is 27.0. The molecule has 0 amide bonds. The molecule has 0 bridgehead atoms. The maximum absolute atomic E-state index is 12.3. The molecule has 0 radical (unpaired) electrons. The zero-order valence-electron chi connectivity index (χ0n) is 14.7. The van der Waals surface area contributed by atoms with E-state index in [4.69, 9.17) is 5.11 Å². The van der Waals surface area contributed by atoms with Crippen molar-refractivity contribution < 1.29 is 18.3 Å². The quantitative estimate of drug-likeness (QED) is 0.403. The van der Waals surface area contributed by atoms with Gasteiger partial charge in [0, 0.05) is 34.6 Å². The van der Waals surface area contributed by atoms with E-state index in [1.165, 1.54) is 0 Å². The molecule has 28 heavy (non-hydrogen) atoms. The average Bonchev–Trinajstić information content (AvgIpc) is 3.35. The Morgan fingerprint density at radius 1 is 1.21 bits per heavy atom. The van der Waals surface area contributed by atoms with Crippen LogP contribution in [-0.2, 0) is 14.8 Å². The maximum Gasteiger partial charge on any atom is 0.303 e. The Morgan fingerprint density at radius 2 is 1.96 bits per heavy atom. The standard InChI is InChI=1S/C15H11N3O3S2.C3H6O2/c19-15-14-10(5-6-16-14)11-8-9(3-4-12(11)17-15)18-23(20,21)13-2-1-7-22-13;1-2-3(4)5/h1-8,16,18H,(H,17,19);2H2,1H3,(H,4,5). The second-order valence-electron chi connectivity index (χ2n) is 5.77. The van der Waals surface area contributed by atoms with E-state index in [9.17, 15) is 18.0 Å². The molecule has 1 aromatic carbocycles. The van der Waals surface area contributed by atoms with Crippen molar-refractivity contribution in [3.8, 4) is 0 Å². The minimum atomic E-state index is -3.60. The summed E-state index contributed by atoms with van der Waals surface area (Å²) in [6, 6.07) is 10.1. The molecule has 0 atom stereocenters. The van der Waals surface area contributed by atoms with E-state index in [0.717, 1.165) is 22.1 Å². The topological polar surface area (TPSA) is 132 Å². The Kier molecular flexibility index (Phi) is 5.52. The number of thiophene rings is 1. The fourth-order valence-electron chi connectivity index (χ4n) is 2.53. The van der Waals surface area contributed by atoms with Crippen LogP contribution in [0.25, 0.3) is 21.8 Å². The fourth-order valence-corrected chi connectivity index (χ4v) is 4.57. The monoisotopic (exact) mass is 419 g/mol. The van der Waals surface area contributed by atoms with Crippen LogP contribution in [0.4, 0.5) is 5.69 Å². The number of carboxylic acids is 1. The summed E-state index contributed by atoms with van der Waals surface area (Å²) in [7, 11) is -3.60. The van der Waals surface area contributed by atoms with E-state index in [-0.39, 0.29) is 16.2 Å². The number of benzene rings is 1. The van der Waals surface area contributed by atoms with Gasteiger partial charge in [-0.25, -0.2) is 8.42 Å². The van der Waals surface area contributed by atoms with Gasteiger partial charge in [-0.2, -0.15) is 0 Å². The van der Waals surface area contributed by atoms with Gasteiger partial charge >= 0.3 is 5.97 Å². The normalized spacial score (nSPS) is 11.2. The van der Waals surface area contributed by atoms with Crippen LogP contribution in [0.15, 0.2) is 57.0 Å². The molecule has 0 saturated carbocycles. The number of anilines is 1. The van der Waals surface area contributed by atoms with E-state index in [0.29, 0.717) is 16.7 Å². The number of rotatable bonds is 4. The number of nitrogens with one attached hydrogen (secondary N) is 3. The average molecular weight is 419 g/mol. The van der Waals surface area contributed by atoms with Gasteiger partial charge in [0.1, 0.15) is 9.73 Å². The molecule has 0 aliphatic heterocycles. The van der Waals surface area contributed by atoms with Gasteiger partial charge in [-0.3, -0.25) is 14.3 Å². The predicted octanol–water partition coefficient (Wildman–Crippen LogP) is 3.35. The summed E-state index contributed by atoms with van der Waals surface area (Å²) >= 11 is 1.16. The first-order valence-electron chi connectivity index (χ1n) is 8.23. The maximum atomic E-state index is 12.3. The summed E-state index contributed by atoms with van der Waals surface area (Å²) in [5.41, 5.74) is 1.36. The molecule has 8 nitrogen and oxygen atoms in total. The highest BCUT2D eigenvalue weighted by Crippen LogP contribution is 2.26. The number of hydrogen-bond donors (Lipinski definition) is 4. The second-order valence-corrected chi connectivity index (χ2v) is 8.62. The van der Waals surface area contributed by atoms with Crippen molar-refractivity contribution in [2.75, 3.05) is 4.72 Å². The zero-order valence-corrected chi connectivity index (χ0v) is 16.4. The van der Waals surface area contributed by atoms with E-state index < -0.39 is 16.0 Å². The van der Waals surface area contributed by atoms with Crippen LogP contribution in [0.5, 0.6) is 0 Å². The highest BCUT2D eigenvalue weighted by Gasteiger charge is 2.16. The van der Waals surface area contributed by atoms with Gasteiger partial charge in [-0.1, -0.05) is 13.0 Å². The van der Waals surface area contributed by atoms with Crippen LogP contribution in [0, 0.1) is 0 Å². The van der Waals surface area contributed by atoms with Crippen molar-refractivity contribution in [1.29, 1.82) is 0 Å². The smallest absolute Gasteiger partial charge is 0.303 e. The van der Waals surface area contributed by atoms with Crippen LogP contribution in [0.3, 0.4) is 0 Å². The van der Waals surface area contributed by atoms with Gasteiger partial charge in [-0.15, -0.1) is 11.3 Å². The lowest BCUT2D eigenvalue weighted by Gasteiger charge is -2.08. The number of sulfonamides is 1. The van der Waals surface area contributed by atoms with Gasteiger partial charge in [-0.05, 0) is 35.7 Å². The Hall–Kier alpha value is -3.11. The molecule has 0 saturated heterocycles. The number of aromatic amines is 2. The van der Waals surface area contributed by atoms with Gasteiger partial charge in [0.25, 0.3) is 15.6 Å². The van der Waals surface area contributed by atoms with Crippen molar-refractivity contribution in [2.45, 2.75) is 17.6 Å². The Morgan fingerprint density at radius 3 is 2.61 bits per heavy atom. The molecule has 4 aromatic rings. The predicted molar refractivity (Wildman–Crippen MR) is 109 cm³/mol. The SMILES string of the molecule is CCC(=O)O.O=c1[nH]c2ccc(NS(=O)(=O)c3cccs3)cc2c2cc[nH]c12. The lowest BCUT2D eigenvalue weighted by atomic mass is 10.1. The minimum absolute atomic E-state index is 0.204. The molecule has 3 aromatic heterocycles. The van der Waals surface area contributed by atoms with Gasteiger partial charge in [0.05, 0.1) is 0 Å². The van der Waals surface area contributed by atoms with E-state index in [1.807, 2.05) is 0 Å². The van der Waals surface area contributed by atoms with E-state index >= 15 is 0 Å². The molecule has 0 aliphatic rings. The van der Waals surface area contributed by atoms with Crippen LogP contribution in [0.2, 0.25) is 0 Å². The van der Waals surface area contributed by atoms with Crippen molar-refractivity contribution in [3.05, 3.63) is 58.3 Å². The van der Waals surface area contributed by atoms with E-state index in [1.54, 1.807) is 54.9 Å². The zero-order chi connectivity index (χ0) is 20.3. The highest BCUT2D eigenvalue weighted by atomic mass is 32.2. The van der Waals surface area contributed by atoms with Gasteiger partial charge in [0.2, 0.25) is 0 Å². The molecule has 4 rings (SSSR count). The number of H-pyrrole nitrogens is 2. The molecular weight excluding hydrogens is 402 g/mol. The Bertz CT molecular complexity index is 1290. The lowest BCUT2D eigenvalue weighted by molar-refractivity contribution is -0.136. The molecule has 0 spiro atoms. The largest absolute Gasteiger partial charge is 0.481 e. The summed E-state index contributed by atoms with van der Waals surface area (Å²) in [5, 5.41) is 11.0. The minimum Gasteiger partial charge on any atom is -0.481 e. The number of aliphatic carboxylic acids is 1. The van der Waals surface area contributed by atoms with Crippen molar-refractivity contribution in [3.63, 3.8) is 0 Å². The molecule has 0 fully saturated rings. The summed E-state index contributed by atoms with van der Waals surface area (Å²) < 4.78 is 27.4. The highest BCUT2D eigenvalue weighted by molar-refractivity contribution is 7.94. The summed E-state index contributed by atoms with van der Waals surface area (Å²) in [6.07, 6.45) is 1.90. The number of carbonyl (C=O) groups is 1. The number of aromatic nitrogens is 2. The number of fused-ring (bicyclic) bond motifs is 3. The van der Waals surface area contributed by atoms with Crippen LogP contribution < -0.4 is 10.3 Å². The third-order valence-corrected chi connectivity index (χ3v) is 6.63. The first kappa shape index (κ1) is 19.6. The summed E-state index contributed by atoms with van der Waals surface area (Å²) in [5.74, 6) is -0.745. The second kappa shape index (κ2) is 7.87. The molecule has 0 aliphatic carbocycles. The molecule has 146 valence electrons. The molecule has 10 heteroatoms. The third-order valence-electron chi connectivity index (χ3n) is 3.85. The third kappa shape index (κ3) is 4.07. The van der Waals surface area contributed by atoms with Crippen molar-refractivity contribution in [1.82, 2.24) is 9.97 Å². The summed E-state index contributed by atoms with van der Waals surface area (Å²) in [6.45, 7) is 1.60. The fraction of sp³-hybridized carbons (Fsp3) is 0.111. The first-order chi connectivity index (χ1) is 13.3. The van der Waals surface area contributed by atoms with Crippen molar-refractivity contribution >= 4 is 54.8 Å².